The molecule has 1 aliphatic carbocycles. The standard InChI is InChI=1S/C56H38N4/c1-56(2)48-27-14-13-26-44(48)45-30-29-39(34-49(45)56)50-42-24-11-10-21-38(42)33-47-46-31-28-35-16-9-12-25-43(35)51(46)60(52(47)50)41-23-15-22-40(32-41)55-58-53(36-17-5-3-6-18-36)57-54(59-55)37-19-7-4-8-20-37/h3-34H,1-2H3. The predicted octanol–water partition coefficient (Wildman–Crippen LogP) is 14.2. The second-order valence-corrected chi connectivity index (χ2v) is 16.4. The van der Waals surface area contributed by atoms with Crippen LogP contribution in [-0.2, 0) is 5.41 Å². The third kappa shape index (κ3) is 5.20. The van der Waals surface area contributed by atoms with Crippen LogP contribution >= 0.6 is 0 Å². The molecule has 0 amide bonds. The molecule has 9 aromatic carbocycles. The lowest BCUT2D eigenvalue weighted by Gasteiger charge is -2.22. The highest BCUT2D eigenvalue weighted by molar-refractivity contribution is 6.25. The van der Waals surface area contributed by atoms with E-state index in [4.69, 9.17) is 15.0 Å². The van der Waals surface area contributed by atoms with E-state index in [1.165, 1.54) is 76.7 Å². The van der Waals surface area contributed by atoms with Crippen LogP contribution in [0.1, 0.15) is 25.0 Å². The van der Waals surface area contributed by atoms with E-state index in [2.05, 4.69) is 176 Å². The highest BCUT2D eigenvalue weighted by Crippen LogP contribution is 2.51. The first kappa shape index (κ1) is 34.4. The zero-order valence-electron chi connectivity index (χ0n) is 33.3. The molecule has 282 valence electrons. The number of rotatable bonds is 5. The maximum atomic E-state index is 5.13. The summed E-state index contributed by atoms with van der Waals surface area (Å²) in [5.41, 5.74) is 13.9. The minimum Gasteiger partial charge on any atom is -0.308 e. The number of benzene rings is 9. The van der Waals surface area contributed by atoms with Gasteiger partial charge in [0.2, 0.25) is 0 Å². The van der Waals surface area contributed by atoms with Gasteiger partial charge in [0.15, 0.2) is 17.5 Å². The molecule has 0 unspecified atom stereocenters. The molecular weight excluding hydrogens is 729 g/mol. The molecule has 0 saturated heterocycles. The molecule has 0 spiro atoms. The zero-order chi connectivity index (χ0) is 40.0. The Labute approximate surface area is 348 Å². The molecule has 0 N–H and O–H groups in total. The summed E-state index contributed by atoms with van der Waals surface area (Å²) < 4.78 is 2.50. The molecule has 2 heterocycles. The van der Waals surface area contributed by atoms with E-state index in [-0.39, 0.29) is 5.41 Å². The van der Waals surface area contributed by atoms with Crippen molar-refractivity contribution in [3.8, 4) is 62.1 Å². The van der Waals surface area contributed by atoms with E-state index in [1.54, 1.807) is 0 Å². The van der Waals surface area contributed by atoms with Crippen molar-refractivity contribution in [2.45, 2.75) is 19.3 Å². The van der Waals surface area contributed by atoms with Crippen LogP contribution in [0.2, 0.25) is 0 Å². The first-order valence-electron chi connectivity index (χ1n) is 20.6. The second kappa shape index (κ2) is 13.2. The molecule has 4 nitrogen and oxygen atoms in total. The maximum absolute atomic E-state index is 5.13. The van der Waals surface area contributed by atoms with Crippen molar-refractivity contribution in [2.75, 3.05) is 0 Å². The third-order valence-electron chi connectivity index (χ3n) is 12.6. The van der Waals surface area contributed by atoms with E-state index < -0.39 is 0 Å². The molecule has 0 atom stereocenters. The van der Waals surface area contributed by atoms with Gasteiger partial charge < -0.3 is 4.57 Å². The van der Waals surface area contributed by atoms with Crippen molar-refractivity contribution >= 4 is 43.4 Å². The first-order valence-corrected chi connectivity index (χ1v) is 20.6. The van der Waals surface area contributed by atoms with Crippen LogP contribution in [0.3, 0.4) is 0 Å². The van der Waals surface area contributed by atoms with Crippen LogP contribution in [0, 0.1) is 0 Å². The van der Waals surface area contributed by atoms with Crippen LogP contribution in [0.4, 0.5) is 0 Å². The average Bonchev–Trinajstić information content (AvgIpc) is 3.76. The van der Waals surface area contributed by atoms with E-state index in [9.17, 15) is 0 Å². The molecule has 60 heavy (non-hydrogen) atoms. The number of fused-ring (bicyclic) bond motifs is 9. The van der Waals surface area contributed by atoms with E-state index in [0.717, 1.165) is 22.4 Å². The molecule has 2 aromatic heterocycles. The van der Waals surface area contributed by atoms with Gasteiger partial charge >= 0.3 is 0 Å². The minimum atomic E-state index is -0.134. The van der Waals surface area contributed by atoms with Crippen molar-refractivity contribution in [3.63, 3.8) is 0 Å². The van der Waals surface area contributed by atoms with Crippen molar-refractivity contribution < 1.29 is 0 Å². The summed E-state index contributed by atoms with van der Waals surface area (Å²) in [4.78, 5) is 15.3. The molecular formula is C56H38N4. The lowest BCUT2D eigenvalue weighted by molar-refractivity contribution is 0.660. The quantitative estimate of drug-likeness (QED) is 0.175. The Bertz CT molecular complexity index is 3450. The van der Waals surface area contributed by atoms with Gasteiger partial charge in [-0.25, -0.2) is 15.0 Å². The number of nitrogens with zero attached hydrogens (tertiary/aromatic N) is 4. The molecule has 12 rings (SSSR count). The van der Waals surface area contributed by atoms with Crippen LogP contribution in [-0.4, -0.2) is 19.5 Å². The van der Waals surface area contributed by atoms with Gasteiger partial charge in [-0.05, 0) is 68.2 Å². The second-order valence-electron chi connectivity index (χ2n) is 16.4. The van der Waals surface area contributed by atoms with Gasteiger partial charge in [0.25, 0.3) is 0 Å². The van der Waals surface area contributed by atoms with Crippen molar-refractivity contribution in [2.24, 2.45) is 0 Å². The van der Waals surface area contributed by atoms with Crippen molar-refractivity contribution in [1.29, 1.82) is 0 Å². The Hall–Kier alpha value is -7.69. The monoisotopic (exact) mass is 766 g/mol. The van der Waals surface area contributed by atoms with Crippen LogP contribution in [0.5, 0.6) is 0 Å². The predicted molar refractivity (Wildman–Crippen MR) is 248 cm³/mol. The summed E-state index contributed by atoms with van der Waals surface area (Å²) in [5, 5.41) is 7.28. The lowest BCUT2D eigenvalue weighted by Crippen LogP contribution is -2.14. The molecule has 0 saturated carbocycles. The van der Waals surface area contributed by atoms with Gasteiger partial charge in [-0.1, -0.05) is 184 Å². The largest absolute Gasteiger partial charge is 0.308 e. The Kier molecular flexibility index (Phi) is 7.54. The fourth-order valence-electron chi connectivity index (χ4n) is 9.73. The van der Waals surface area contributed by atoms with Gasteiger partial charge in [-0.3, -0.25) is 0 Å². The molecule has 11 aromatic rings. The van der Waals surface area contributed by atoms with Crippen LogP contribution < -0.4 is 0 Å². The molecule has 4 heteroatoms. The summed E-state index contributed by atoms with van der Waals surface area (Å²) >= 11 is 0. The van der Waals surface area contributed by atoms with Crippen LogP contribution in [0.25, 0.3) is 105 Å². The minimum absolute atomic E-state index is 0.134. The highest BCUT2D eigenvalue weighted by atomic mass is 15.0. The average molecular weight is 767 g/mol. The van der Waals surface area contributed by atoms with Crippen LogP contribution in [0.15, 0.2) is 194 Å². The Morgan fingerprint density at radius 2 is 0.967 bits per heavy atom. The SMILES string of the molecule is CC1(C)c2ccccc2-c2ccc(-c3c4ccccc4cc4c5ccc6ccccc6c5n(-c5cccc(-c6nc(-c7ccccc7)nc(-c7ccccc7)n6)c5)c34)cc21. The Morgan fingerprint density at radius 3 is 1.72 bits per heavy atom. The smallest absolute Gasteiger partial charge is 0.164 e. The van der Waals surface area contributed by atoms with Gasteiger partial charge in [0.05, 0.1) is 11.0 Å². The Morgan fingerprint density at radius 1 is 0.367 bits per heavy atom. The Balaban J connectivity index is 1.16. The highest BCUT2D eigenvalue weighted by Gasteiger charge is 2.35. The normalized spacial score (nSPS) is 13.0. The van der Waals surface area contributed by atoms with Gasteiger partial charge in [-0.2, -0.15) is 0 Å². The fraction of sp³-hybridized carbons (Fsp3) is 0.0536. The van der Waals surface area contributed by atoms with Gasteiger partial charge in [0, 0.05) is 49.5 Å². The van der Waals surface area contributed by atoms with Crippen molar-refractivity contribution in [3.05, 3.63) is 205 Å². The number of hydrogen-bond acceptors (Lipinski definition) is 3. The molecule has 1 aliphatic rings. The van der Waals surface area contributed by atoms with Gasteiger partial charge in [0.1, 0.15) is 0 Å². The summed E-state index contributed by atoms with van der Waals surface area (Å²) in [7, 11) is 0. The van der Waals surface area contributed by atoms with Crippen molar-refractivity contribution in [1.82, 2.24) is 19.5 Å². The fourth-order valence-corrected chi connectivity index (χ4v) is 9.73. The zero-order valence-corrected chi connectivity index (χ0v) is 33.3. The summed E-state index contributed by atoms with van der Waals surface area (Å²) in [6.45, 7) is 4.73. The number of aromatic nitrogens is 4. The van der Waals surface area contributed by atoms with Gasteiger partial charge in [-0.15, -0.1) is 0 Å². The molecule has 0 fully saturated rings. The topological polar surface area (TPSA) is 43.6 Å². The summed E-state index contributed by atoms with van der Waals surface area (Å²) in [6.07, 6.45) is 0. The number of hydrogen-bond donors (Lipinski definition) is 0. The molecule has 0 aliphatic heterocycles. The van der Waals surface area contributed by atoms with E-state index in [1.807, 2.05) is 36.4 Å². The summed E-state index contributed by atoms with van der Waals surface area (Å²) in [6, 6.07) is 69.7. The molecule has 0 radical (unpaired) electrons. The lowest BCUT2D eigenvalue weighted by atomic mass is 9.81. The molecule has 0 bridgehead atoms. The maximum Gasteiger partial charge on any atom is 0.164 e. The third-order valence-corrected chi connectivity index (χ3v) is 12.6. The van der Waals surface area contributed by atoms with E-state index in [0.29, 0.717) is 17.5 Å². The first-order chi connectivity index (χ1) is 29.5. The summed E-state index contributed by atoms with van der Waals surface area (Å²) in [5.74, 6) is 1.91. The van der Waals surface area contributed by atoms with E-state index >= 15 is 0 Å².